The predicted molar refractivity (Wildman–Crippen MR) is 136 cm³/mol. The van der Waals surface area contributed by atoms with Crippen LogP contribution >= 0.6 is 0 Å². The van der Waals surface area contributed by atoms with Gasteiger partial charge < -0.3 is 15.1 Å². The van der Waals surface area contributed by atoms with Crippen molar-refractivity contribution in [2.24, 2.45) is 5.92 Å². The molecule has 4 heterocycles. The highest BCUT2D eigenvalue weighted by Crippen LogP contribution is 2.34. The molecule has 1 fully saturated rings. The molecule has 4 aromatic rings. The molecular weight excluding hydrogens is 497 g/mol. The molecule has 38 heavy (non-hydrogen) atoms. The Morgan fingerprint density at radius 2 is 1.84 bits per heavy atom. The van der Waals surface area contributed by atoms with E-state index in [1.54, 1.807) is 12.3 Å². The number of hydrogen-bond acceptors (Lipinski definition) is 7. The average molecular weight is 527 g/mol. The minimum Gasteiger partial charge on any atom is -0.387 e. The van der Waals surface area contributed by atoms with Crippen molar-refractivity contribution in [3.8, 4) is 11.3 Å². The minimum absolute atomic E-state index is 0.218. The Labute approximate surface area is 217 Å². The molecule has 0 bridgehead atoms. The Balaban J connectivity index is 1.46. The maximum atomic E-state index is 14.2. The maximum absolute atomic E-state index is 14.2. The summed E-state index contributed by atoms with van der Waals surface area (Å²) in [7, 11) is 0. The van der Waals surface area contributed by atoms with E-state index in [0.717, 1.165) is 23.6 Å². The zero-order valence-corrected chi connectivity index (χ0v) is 21.2. The summed E-state index contributed by atoms with van der Waals surface area (Å²) in [5, 5.41) is 24.8. The van der Waals surface area contributed by atoms with Crippen molar-refractivity contribution in [1.29, 1.82) is 0 Å². The number of hydrogen-bond donors (Lipinski definition) is 2. The first-order valence-corrected chi connectivity index (χ1v) is 12.5. The fourth-order valence-electron chi connectivity index (χ4n) is 4.79. The number of rotatable bonds is 7. The molecule has 0 aliphatic carbocycles. The highest BCUT2D eigenvalue weighted by molar-refractivity contribution is 5.83. The van der Waals surface area contributed by atoms with Crippen LogP contribution in [-0.4, -0.2) is 53.6 Å². The molecule has 3 aromatic heterocycles. The van der Waals surface area contributed by atoms with Gasteiger partial charge in [-0.3, -0.25) is 4.98 Å². The van der Waals surface area contributed by atoms with Crippen LogP contribution in [0.4, 0.5) is 19.0 Å². The number of aliphatic hydroxyl groups is 2. The number of anilines is 1. The van der Waals surface area contributed by atoms with Gasteiger partial charge in [0.05, 0.1) is 29.2 Å². The summed E-state index contributed by atoms with van der Waals surface area (Å²) in [6.45, 7) is 3.47. The van der Waals surface area contributed by atoms with Gasteiger partial charge in [0.1, 0.15) is 28.9 Å². The minimum atomic E-state index is -1.40. The van der Waals surface area contributed by atoms with Crippen molar-refractivity contribution in [2.75, 3.05) is 18.0 Å². The SMILES string of the molecule is CC(C)(O)[C@H](O)c1cc2nc(N3CCC(Cc4ccc(F)cc4F)CC3)c(-c3cnn(CF)c3)nc2cn1. The number of halogens is 3. The Bertz CT molecular complexity index is 1450. The number of aliphatic hydroxyl groups excluding tert-OH is 1. The van der Waals surface area contributed by atoms with Gasteiger partial charge in [0.25, 0.3) is 0 Å². The highest BCUT2D eigenvalue weighted by Gasteiger charge is 2.29. The van der Waals surface area contributed by atoms with Crippen LogP contribution < -0.4 is 4.90 Å². The molecule has 1 saturated heterocycles. The summed E-state index contributed by atoms with van der Waals surface area (Å²) >= 11 is 0. The van der Waals surface area contributed by atoms with Crippen molar-refractivity contribution >= 4 is 16.9 Å². The van der Waals surface area contributed by atoms with Crippen LogP contribution in [0.25, 0.3) is 22.3 Å². The molecule has 0 radical (unpaired) electrons. The first-order chi connectivity index (χ1) is 18.1. The molecule has 1 aliphatic heterocycles. The molecular formula is C27H29F3N6O2. The van der Waals surface area contributed by atoms with E-state index in [-0.39, 0.29) is 11.6 Å². The molecule has 2 N–H and O–H groups in total. The van der Waals surface area contributed by atoms with E-state index in [4.69, 9.17) is 9.97 Å². The number of aromatic nitrogens is 5. The Kier molecular flexibility index (Phi) is 7.06. The zero-order chi connectivity index (χ0) is 27.0. The normalized spacial score (nSPS) is 15.8. The molecule has 200 valence electrons. The standard InChI is InChI=1S/C27H29F3N6O2/c1-27(2,38)25(37)22-11-21-23(13-31-22)33-24(18-12-32-36(14-18)15-28)26(34-21)35-7-5-16(6-8-35)9-17-3-4-19(29)10-20(17)30/h3-4,10-14,16,25,37-38H,5-9,15H2,1-2H3/t25-/m1/s1. The number of piperidine rings is 1. The van der Waals surface area contributed by atoms with Gasteiger partial charge in [-0.1, -0.05) is 6.07 Å². The highest BCUT2D eigenvalue weighted by atomic mass is 19.1. The second-order valence-electron chi connectivity index (χ2n) is 10.3. The van der Waals surface area contributed by atoms with Gasteiger partial charge in [-0.2, -0.15) is 5.10 Å². The van der Waals surface area contributed by atoms with Gasteiger partial charge in [0, 0.05) is 30.9 Å². The van der Waals surface area contributed by atoms with E-state index in [9.17, 15) is 23.4 Å². The Hall–Kier alpha value is -3.57. The molecule has 8 nitrogen and oxygen atoms in total. The van der Waals surface area contributed by atoms with Crippen LogP contribution in [0, 0.1) is 17.6 Å². The van der Waals surface area contributed by atoms with Crippen LogP contribution in [-0.2, 0) is 13.2 Å². The van der Waals surface area contributed by atoms with E-state index in [1.165, 1.54) is 38.4 Å². The Morgan fingerprint density at radius 3 is 2.50 bits per heavy atom. The lowest BCUT2D eigenvalue weighted by Crippen LogP contribution is -2.35. The van der Waals surface area contributed by atoms with Gasteiger partial charge in [-0.25, -0.2) is 27.8 Å². The molecule has 0 spiro atoms. The third-order valence-corrected chi connectivity index (χ3v) is 6.97. The van der Waals surface area contributed by atoms with Crippen LogP contribution in [0.5, 0.6) is 0 Å². The topological polar surface area (TPSA) is 100 Å². The first kappa shape index (κ1) is 26.1. The fraction of sp³-hybridized carbons (Fsp3) is 0.407. The molecule has 0 amide bonds. The number of alkyl halides is 1. The molecule has 5 rings (SSSR count). The molecule has 0 saturated carbocycles. The fourth-order valence-corrected chi connectivity index (χ4v) is 4.79. The van der Waals surface area contributed by atoms with Crippen LogP contribution in [0.1, 0.15) is 44.1 Å². The van der Waals surface area contributed by atoms with E-state index < -0.39 is 30.1 Å². The molecule has 1 atom stereocenters. The lowest BCUT2D eigenvalue weighted by Gasteiger charge is -2.33. The number of pyridine rings is 1. The van der Waals surface area contributed by atoms with Gasteiger partial charge in [-0.15, -0.1) is 0 Å². The predicted octanol–water partition coefficient (Wildman–Crippen LogP) is 4.36. The third kappa shape index (κ3) is 5.34. The van der Waals surface area contributed by atoms with E-state index >= 15 is 0 Å². The van der Waals surface area contributed by atoms with Crippen molar-refractivity contribution in [3.63, 3.8) is 0 Å². The third-order valence-electron chi connectivity index (χ3n) is 6.97. The number of fused-ring (bicyclic) bond motifs is 1. The summed E-state index contributed by atoms with van der Waals surface area (Å²) < 4.78 is 41.8. The first-order valence-electron chi connectivity index (χ1n) is 12.5. The second-order valence-corrected chi connectivity index (χ2v) is 10.3. The average Bonchev–Trinajstić information content (AvgIpc) is 3.38. The van der Waals surface area contributed by atoms with E-state index in [0.29, 0.717) is 53.2 Å². The largest absolute Gasteiger partial charge is 0.387 e. The summed E-state index contributed by atoms with van der Waals surface area (Å²) in [6, 6.07) is 5.30. The number of benzene rings is 1. The van der Waals surface area contributed by atoms with Crippen LogP contribution in [0.15, 0.2) is 42.9 Å². The van der Waals surface area contributed by atoms with E-state index in [2.05, 4.69) is 15.0 Å². The molecule has 1 aliphatic rings. The zero-order valence-electron chi connectivity index (χ0n) is 21.2. The van der Waals surface area contributed by atoms with Gasteiger partial charge in [0.15, 0.2) is 12.6 Å². The summed E-state index contributed by atoms with van der Waals surface area (Å²) in [4.78, 5) is 16.0. The smallest absolute Gasteiger partial charge is 0.181 e. The Morgan fingerprint density at radius 1 is 1.08 bits per heavy atom. The lowest BCUT2D eigenvalue weighted by molar-refractivity contribution is -0.0516. The second kappa shape index (κ2) is 10.3. The molecule has 0 unspecified atom stereocenters. The van der Waals surface area contributed by atoms with Crippen molar-refractivity contribution < 1.29 is 23.4 Å². The van der Waals surface area contributed by atoms with Crippen LogP contribution in [0.3, 0.4) is 0 Å². The van der Waals surface area contributed by atoms with Gasteiger partial charge in [0.2, 0.25) is 0 Å². The summed E-state index contributed by atoms with van der Waals surface area (Å²) in [5.41, 5.74) is 1.46. The van der Waals surface area contributed by atoms with Gasteiger partial charge >= 0.3 is 0 Å². The van der Waals surface area contributed by atoms with Crippen molar-refractivity contribution in [2.45, 2.75) is 51.6 Å². The monoisotopic (exact) mass is 526 g/mol. The van der Waals surface area contributed by atoms with E-state index in [1.807, 2.05) is 0 Å². The summed E-state index contributed by atoms with van der Waals surface area (Å²) in [5.74, 6) is -0.321. The van der Waals surface area contributed by atoms with Crippen LogP contribution in [0.2, 0.25) is 0 Å². The van der Waals surface area contributed by atoms with Crippen molar-refractivity contribution in [3.05, 3.63) is 65.7 Å². The summed E-state index contributed by atoms with van der Waals surface area (Å²) in [6.07, 6.45) is 5.40. The van der Waals surface area contributed by atoms with Crippen molar-refractivity contribution in [1.82, 2.24) is 24.7 Å². The lowest BCUT2D eigenvalue weighted by atomic mass is 9.90. The molecule has 11 heteroatoms. The maximum Gasteiger partial charge on any atom is 0.181 e. The molecule has 1 aromatic carbocycles. The van der Waals surface area contributed by atoms with Gasteiger partial charge in [-0.05, 0) is 56.7 Å². The quantitative estimate of drug-likeness (QED) is 0.369. The number of nitrogens with zero attached hydrogens (tertiary/aromatic N) is 6.